The highest BCUT2D eigenvalue weighted by molar-refractivity contribution is 5.88. The van der Waals surface area contributed by atoms with Crippen molar-refractivity contribution < 1.29 is 19.5 Å². The Balaban J connectivity index is 1.57. The predicted molar refractivity (Wildman–Crippen MR) is 153 cm³/mol. The average Bonchev–Trinajstić information content (AvgIpc) is 2.93. The Morgan fingerprint density at radius 1 is 0.846 bits per heavy atom. The molecule has 0 fully saturated rings. The number of nitrogens with one attached hydrogen (secondary N) is 3. The largest absolute Gasteiger partial charge is 0.481 e. The number of carbonyl (C=O) groups excluding carboxylic acids is 2. The molecule has 4 N–H and O–H groups in total. The third kappa shape index (κ3) is 10.2. The number of carbonyl (C=O) groups is 3. The van der Waals surface area contributed by atoms with Gasteiger partial charge in [0.25, 0.3) is 0 Å². The van der Waals surface area contributed by atoms with Gasteiger partial charge in [0, 0.05) is 19.2 Å². The van der Waals surface area contributed by atoms with Crippen LogP contribution in [0.3, 0.4) is 0 Å². The van der Waals surface area contributed by atoms with Gasteiger partial charge in [-0.2, -0.15) is 0 Å². The molecule has 0 saturated heterocycles. The van der Waals surface area contributed by atoms with Crippen LogP contribution in [0.15, 0.2) is 79.0 Å². The predicted octanol–water partition coefficient (Wildman–Crippen LogP) is 5.19. The van der Waals surface area contributed by atoms with Crippen LogP contribution in [0.2, 0.25) is 0 Å². The smallest absolute Gasteiger partial charge is 0.305 e. The minimum absolute atomic E-state index is 0.159. The number of unbranched alkanes of at least 4 members (excludes halogenated alkanes) is 1. The first-order chi connectivity index (χ1) is 18.8. The third-order valence-electron chi connectivity index (χ3n) is 6.28. The van der Waals surface area contributed by atoms with Crippen LogP contribution in [0, 0.1) is 5.92 Å². The van der Waals surface area contributed by atoms with Gasteiger partial charge in [0.2, 0.25) is 11.8 Å². The number of aliphatic carboxylic acids is 1. The molecule has 2 amide bonds. The zero-order valence-electron chi connectivity index (χ0n) is 22.6. The fraction of sp³-hybridized carbons (Fsp3) is 0.355. The molecule has 3 rings (SSSR count). The van der Waals surface area contributed by atoms with E-state index >= 15 is 0 Å². The lowest BCUT2D eigenvalue weighted by Crippen LogP contribution is -2.48. The topological polar surface area (TPSA) is 120 Å². The van der Waals surface area contributed by atoms with Crippen molar-refractivity contribution in [2.45, 2.75) is 58.0 Å². The van der Waals surface area contributed by atoms with Crippen LogP contribution < -0.4 is 16.0 Å². The van der Waals surface area contributed by atoms with E-state index in [1.54, 1.807) is 6.20 Å². The molecular weight excluding hydrogens is 492 g/mol. The van der Waals surface area contributed by atoms with Gasteiger partial charge < -0.3 is 21.1 Å². The number of amides is 2. The van der Waals surface area contributed by atoms with Gasteiger partial charge in [0.15, 0.2) is 0 Å². The summed E-state index contributed by atoms with van der Waals surface area (Å²) >= 11 is 0. The van der Waals surface area contributed by atoms with Crippen LogP contribution >= 0.6 is 0 Å². The Kier molecular flexibility index (Phi) is 11.5. The molecule has 0 aliphatic rings. The van der Waals surface area contributed by atoms with Gasteiger partial charge in [-0.15, -0.1) is 0 Å². The molecule has 2 atom stereocenters. The first-order valence-electron chi connectivity index (χ1n) is 13.4. The van der Waals surface area contributed by atoms with E-state index in [0.29, 0.717) is 31.4 Å². The molecule has 0 aliphatic heterocycles. The summed E-state index contributed by atoms with van der Waals surface area (Å²) in [5.74, 6) is -0.646. The number of pyridine rings is 1. The van der Waals surface area contributed by atoms with Crippen molar-refractivity contribution in [2.75, 3.05) is 11.9 Å². The van der Waals surface area contributed by atoms with E-state index in [-0.39, 0.29) is 24.2 Å². The highest BCUT2D eigenvalue weighted by Gasteiger charge is 2.26. The fourth-order valence-corrected chi connectivity index (χ4v) is 4.30. The van der Waals surface area contributed by atoms with E-state index in [9.17, 15) is 19.5 Å². The van der Waals surface area contributed by atoms with Crippen LogP contribution in [0.4, 0.5) is 5.82 Å². The molecule has 0 spiro atoms. The number of carboxylic acid groups (broad SMARTS) is 1. The number of hydrogen-bond donors (Lipinski definition) is 4. The van der Waals surface area contributed by atoms with E-state index in [0.717, 1.165) is 23.4 Å². The van der Waals surface area contributed by atoms with Gasteiger partial charge in [0.1, 0.15) is 11.9 Å². The molecule has 206 valence electrons. The van der Waals surface area contributed by atoms with Crippen LogP contribution in [-0.4, -0.2) is 40.5 Å². The van der Waals surface area contributed by atoms with Crippen molar-refractivity contribution in [1.29, 1.82) is 0 Å². The molecule has 0 radical (unpaired) electrons. The normalized spacial score (nSPS) is 12.4. The minimum Gasteiger partial charge on any atom is -0.481 e. The molecular formula is C31H38N4O4. The quantitative estimate of drug-likeness (QED) is 0.201. The fourth-order valence-electron chi connectivity index (χ4n) is 4.30. The number of carboxylic acids is 1. The maximum Gasteiger partial charge on any atom is 0.305 e. The SMILES string of the molecule is CC(C)C[C@@H](NC(=O)CCCCNc1ccccn1)C(=O)NC(CC(=O)O)c1ccc(-c2ccccc2)cc1. The summed E-state index contributed by atoms with van der Waals surface area (Å²) < 4.78 is 0. The molecule has 0 saturated carbocycles. The van der Waals surface area contributed by atoms with Gasteiger partial charge in [-0.25, -0.2) is 4.98 Å². The summed E-state index contributed by atoms with van der Waals surface area (Å²) in [6.45, 7) is 4.65. The Bertz CT molecular complexity index is 1180. The van der Waals surface area contributed by atoms with E-state index in [2.05, 4.69) is 20.9 Å². The molecule has 8 nitrogen and oxygen atoms in total. The Hall–Kier alpha value is -4.20. The lowest BCUT2D eigenvalue weighted by atomic mass is 9.98. The zero-order chi connectivity index (χ0) is 28.0. The minimum atomic E-state index is -1.02. The molecule has 1 aromatic heterocycles. The molecule has 0 aliphatic carbocycles. The second-order valence-electron chi connectivity index (χ2n) is 10.00. The van der Waals surface area contributed by atoms with Crippen LogP contribution in [0.1, 0.15) is 57.6 Å². The summed E-state index contributed by atoms with van der Waals surface area (Å²) in [6.07, 6.45) is 3.65. The number of nitrogens with zero attached hydrogens (tertiary/aromatic N) is 1. The van der Waals surface area contributed by atoms with E-state index < -0.39 is 18.1 Å². The molecule has 2 aromatic carbocycles. The molecule has 0 bridgehead atoms. The first kappa shape index (κ1) is 29.4. The van der Waals surface area contributed by atoms with Crippen molar-refractivity contribution in [2.24, 2.45) is 5.92 Å². The van der Waals surface area contributed by atoms with Crippen LogP contribution in [-0.2, 0) is 14.4 Å². The summed E-state index contributed by atoms with van der Waals surface area (Å²) in [5, 5.41) is 18.5. The van der Waals surface area contributed by atoms with Gasteiger partial charge in [-0.1, -0.05) is 74.5 Å². The molecule has 1 unspecified atom stereocenters. The number of benzene rings is 2. The van der Waals surface area contributed by atoms with Gasteiger partial charge in [-0.05, 0) is 54.0 Å². The molecule has 8 heteroatoms. The Morgan fingerprint density at radius 2 is 1.54 bits per heavy atom. The zero-order valence-corrected chi connectivity index (χ0v) is 22.6. The maximum atomic E-state index is 13.3. The molecule has 3 aromatic rings. The second-order valence-corrected chi connectivity index (χ2v) is 10.00. The van der Waals surface area contributed by atoms with Gasteiger partial charge >= 0.3 is 5.97 Å². The summed E-state index contributed by atoms with van der Waals surface area (Å²) in [7, 11) is 0. The van der Waals surface area contributed by atoms with Gasteiger partial charge in [0.05, 0.1) is 12.5 Å². The number of rotatable bonds is 15. The highest BCUT2D eigenvalue weighted by atomic mass is 16.4. The monoisotopic (exact) mass is 530 g/mol. The molecule has 1 heterocycles. The van der Waals surface area contributed by atoms with Crippen molar-refractivity contribution in [1.82, 2.24) is 15.6 Å². The maximum absolute atomic E-state index is 13.3. The van der Waals surface area contributed by atoms with E-state index in [4.69, 9.17) is 0 Å². The number of anilines is 1. The van der Waals surface area contributed by atoms with E-state index in [1.165, 1.54) is 0 Å². The lowest BCUT2D eigenvalue weighted by Gasteiger charge is -2.24. The Morgan fingerprint density at radius 3 is 2.18 bits per heavy atom. The summed E-state index contributed by atoms with van der Waals surface area (Å²) in [6, 6.07) is 21.6. The van der Waals surface area contributed by atoms with Crippen molar-refractivity contribution in [3.05, 3.63) is 84.6 Å². The highest BCUT2D eigenvalue weighted by Crippen LogP contribution is 2.24. The van der Waals surface area contributed by atoms with Crippen molar-refractivity contribution in [3.63, 3.8) is 0 Å². The second kappa shape index (κ2) is 15.3. The standard InChI is InChI=1S/C31H38N4O4/c1-22(2)20-27(34-29(36)13-7-9-19-33-28-12-6-8-18-32-28)31(39)35-26(21-30(37)38)25-16-14-24(15-17-25)23-10-4-3-5-11-23/h3-6,8,10-12,14-18,22,26-27H,7,9,13,19-21H2,1-2H3,(H,32,33)(H,34,36)(H,35,39)(H,37,38)/t26?,27-/m1/s1. The average molecular weight is 531 g/mol. The first-order valence-corrected chi connectivity index (χ1v) is 13.4. The van der Waals surface area contributed by atoms with Crippen molar-refractivity contribution in [3.8, 4) is 11.1 Å². The lowest BCUT2D eigenvalue weighted by molar-refractivity contribution is -0.138. The Labute approximate surface area is 230 Å². The van der Waals surface area contributed by atoms with Gasteiger partial charge in [-0.3, -0.25) is 14.4 Å². The van der Waals surface area contributed by atoms with Crippen LogP contribution in [0.25, 0.3) is 11.1 Å². The van der Waals surface area contributed by atoms with Crippen LogP contribution in [0.5, 0.6) is 0 Å². The summed E-state index contributed by atoms with van der Waals surface area (Å²) in [5.41, 5.74) is 2.75. The van der Waals surface area contributed by atoms with Crippen molar-refractivity contribution >= 4 is 23.6 Å². The molecule has 39 heavy (non-hydrogen) atoms. The third-order valence-corrected chi connectivity index (χ3v) is 6.28. The number of hydrogen-bond acceptors (Lipinski definition) is 5. The van der Waals surface area contributed by atoms with E-state index in [1.807, 2.05) is 86.6 Å². The number of aromatic nitrogens is 1. The summed E-state index contributed by atoms with van der Waals surface area (Å²) in [4.78, 5) is 41.7.